The van der Waals surface area contributed by atoms with Gasteiger partial charge in [-0.3, -0.25) is 0 Å². The van der Waals surface area contributed by atoms with Gasteiger partial charge in [-0.05, 0) is 18.6 Å². The normalized spacial score (nSPS) is 21.9. The molecule has 0 heterocycles. The van der Waals surface area contributed by atoms with Crippen LogP contribution in [-0.4, -0.2) is 49.7 Å². The summed E-state index contributed by atoms with van der Waals surface area (Å²) in [4.78, 5) is 0. The van der Waals surface area contributed by atoms with Crippen LogP contribution in [0, 0.1) is 0 Å². The van der Waals surface area contributed by atoms with Gasteiger partial charge < -0.3 is 25.0 Å². The number of ether oxygens (including phenoxy) is 2. The van der Waals surface area contributed by atoms with Crippen molar-refractivity contribution in [1.29, 1.82) is 0 Å². The van der Waals surface area contributed by atoms with E-state index in [-0.39, 0.29) is 12.6 Å². The highest BCUT2D eigenvalue weighted by Crippen LogP contribution is 2.36. The monoisotopic (exact) mass is 267 g/mol. The van der Waals surface area contributed by atoms with E-state index in [1.54, 1.807) is 14.2 Å². The van der Waals surface area contributed by atoms with Crippen LogP contribution in [0.15, 0.2) is 12.1 Å². The molecule has 1 aromatic carbocycles. The smallest absolute Gasteiger partial charge is 0.122 e. The maximum Gasteiger partial charge on any atom is 0.122 e. The summed E-state index contributed by atoms with van der Waals surface area (Å²) in [5.74, 6) is 1.61. The van der Waals surface area contributed by atoms with Gasteiger partial charge in [-0.1, -0.05) is 0 Å². The molecular weight excluding hydrogens is 246 g/mol. The molecule has 0 amide bonds. The third kappa shape index (κ3) is 2.83. The highest BCUT2D eigenvalue weighted by Gasteiger charge is 2.30. The fourth-order valence-electron chi connectivity index (χ4n) is 2.65. The van der Waals surface area contributed by atoms with Gasteiger partial charge in [-0.15, -0.1) is 0 Å². The Balaban J connectivity index is 2.31. The molecule has 0 saturated heterocycles. The van der Waals surface area contributed by atoms with Crippen LogP contribution in [0.3, 0.4) is 0 Å². The minimum atomic E-state index is -0.486. The SMILES string of the molecule is COc1ccc(OC)c2c1C[C@@H](O)[C@H](NCCO)C2. The molecule has 0 aromatic heterocycles. The lowest BCUT2D eigenvalue weighted by atomic mass is 9.85. The van der Waals surface area contributed by atoms with Crippen molar-refractivity contribution in [3.8, 4) is 11.5 Å². The summed E-state index contributed by atoms with van der Waals surface area (Å²) in [5, 5.41) is 22.2. The van der Waals surface area contributed by atoms with E-state index in [0.717, 1.165) is 22.6 Å². The summed E-state index contributed by atoms with van der Waals surface area (Å²) in [6, 6.07) is 3.69. The molecule has 106 valence electrons. The van der Waals surface area contributed by atoms with Crippen molar-refractivity contribution in [2.24, 2.45) is 0 Å². The molecule has 1 aliphatic rings. The Morgan fingerprint density at radius 1 is 1.16 bits per heavy atom. The Labute approximate surface area is 113 Å². The fourth-order valence-corrected chi connectivity index (χ4v) is 2.65. The van der Waals surface area contributed by atoms with Crippen LogP contribution in [0.1, 0.15) is 11.1 Å². The average molecular weight is 267 g/mol. The summed E-state index contributed by atoms with van der Waals surface area (Å²) in [5.41, 5.74) is 2.08. The second kappa shape index (κ2) is 6.23. The number of fused-ring (bicyclic) bond motifs is 1. The molecule has 0 unspecified atom stereocenters. The molecule has 2 atom stereocenters. The van der Waals surface area contributed by atoms with Crippen LogP contribution in [-0.2, 0) is 12.8 Å². The molecule has 5 nitrogen and oxygen atoms in total. The van der Waals surface area contributed by atoms with E-state index in [4.69, 9.17) is 14.6 Å². The van der Waals surface area contributed by atoms with Crippen LogP contribution in [0.4, 0.5) is 0 Å². The molecule has 1 aromatic rings. The highest BCUT2D eigenvalue weighted by molar-refractivity contribution is 5.51. The van der Waals surface area contributed by atoms with Crippen LogP contribution in [0.2, 0.25) is 0 Å². The van der Waals surface area contributed by atoms with E-state index in [9.17, 15) is 5.11 Å². The predicted octanol–water partition coefficient (Wildman–Crippen LogP) is 0.114. The fraction of sp³-hybridized carbons (Fsp3) is 0.571. The Bertz CT molecular complexity index is 436. The number of aliphatic hydroxyl groups is 2. The minimum absolute atomic E-state index is 0.0608. The van der Waals surface area contributed by atoms with Crippen molar-refractivity contribution in [3.63, 3.8) is 0 Å². The molecule has 0 fully saturated rings. The zero-order valence-corrected chi connectivity index (χ0v) is 11.3. The molecule has 0 aliphatic heterocycles. The van der Waals surface area contributed by atoms with Crippen LogP contribution < -0.4 is 14.8 Å². The van der Waals surface area contributed by atoms with Crippen LogP contribution in [0.25, 0.3) is 0 Å². The largest absolute Gasteiger partial charge is 0.496 e. The number of nitrogens with one attached hydrogen (secondary N) is 1. The molecule has 3 N–H and O–H groups in total. The van der Waals surface area contributed by atoms with Gasteiger partial charge in [0.2, 0.25) is 0 Å². The zero-order valence-electron chi connectivity index (χ0n) is 11.3. The van der Waals surface area contributed by atoms with Crippen molar-refractivity contribution in [2.45, 2.75) is 25.0 Å². The first-order chi connectivity index (χ1) is 9.21. The third-order valence-corrected chi connectivity index (χ3v) is 3.61. The maximum atomic E-state index is 10.2. The van der Waals surface area contributed by atoms with Gasteiger partial charge in [0.25, 0.3) is 0 Å². The minimum Gasteiger partial charge on any atom is -0.496 e. The summed E-state index contributed by atoms with van der Waals surface area (Å²) < 4.78 is 10.7. The standard InChI is InChI=1S/C14H21NO4/c1-18-13-3-4-14(19-2)10-8-12(17)11(7-9(10)13)15-5-6-16/h3-4,11-12,15-17H,5-8H2,1-2H3/t11-,12-/m1/s1. The Morgan fingerprint density at radius 3 is 2.26 bits per heavy atom. The van der Waals surface area contributed by atoms with E-state index < -0.39 is 6.10 Å². The number of benzene rings is 1. The summed E-state index contributed by atoms with van der Waals surface area (Å²) in [6.07, 6.45) is 0.704. The van der Waals surface area contributed by atoms with Crippen LogP contribution in [0.5, 0.6) is 11.5 Å². The number of aliphatic hydroxyl groups excluding tert-OH is 2. The van der Waals surface area contributed by atoms with E-state index in [1.165, 1.54) is 0 Å². The molecule has 1 aliphatic carbocycles. The Hall–Kier alpha value is -1.30. The maximum absolute atomic E-state index is 10.2. The van der Waals surface area contributed by atoms with E-state index >= 15 is 0 Å². The quantitative estimate of drug-likeness (QED) is 0.706. The molecule has 0 bridgehead atoms. The van der Waals surface area contributed by atoms with Gasteiger partial charge in [0.15, 0.2) is 0 Å². The Morgan fingerprint density at radius 2 is 1.74 bits per heavy atom. The number of methoxy groups -OCH3 is 2. The molecule has 5 heteroatoms. The molecule has 0 spiro atoms. The summed E-state index contributed by atoms with van der Waals surface area (Å²) in [6.45, 7) is 0.536. The number of hydrogen-bond acceptors (Lipinski definition) is 5. The van der Waals surface area contributed by atoms with E-state index in [0.29, 0.717) is 19.4 Å². The first-order valence-corrected chi connectivity index (χ1v) is 6.46. The third-order valence-electron chi connectivity index (χ3n) is 3.61. The van der Waals surface area contributed by atoms with E-state index in [2.05, 4.69) is 5.32 Å². The van der Waals surface area contributed by atoms with Gasteiger partial charge >= 0.3 is 0 Å². The second-order valence-corrected chi connectivity index (χ2v) is 4.69. The molecule has 0 saturated carbocycles. The van der Waals surface area contributed by atoms with Crippen molar-refractivity contribution in [2.75, 3.05) is 27.4 Å². The summed E-state index contributed by atoms with van der Waals surface area (Å²) in [7, 11) is 3.27. The number of rotatable bonds is 5. The van der Waals surface area contributed by atoms with Gasteiger partial charge in [0.05, 0.1) is 26.9 Å². The van der Waals surface area contributed by atoms with Crippen molar-refractivity contribution in [3.05, 3.63) is 23.3 Å². The lowest BCUT2D eigenvalue weighted by molar-refractivity contribution is 0.114. The molecular formula is C14H21NO4. The highest BCUT2D eigenvalue weighted by atomic mass is 16.5. The van der Waals surface area contributed by atoms with Crippen molar-refractivity contribution >= 4 is 0 Å². The second-order valence-electron chi connectivity index (χ2n) is 4.69. The van der Waals surface area contributed by atoms with Crippen molar-refractivity contribution in [1.82, 2.24) is 5.32 Å². The molecule has 0 radical (unpaired) electrons. The van der Waals surface area contributed by atoms with Crippen molar-refractivity contribution < 1.29 is 19.7 Å². The van der Waals surface area contributed by atoms with Gasteiger partial charge in [0.1, 0.15) is 11.5 Å². The first-order valence-electron chi connectivity index (χ1n) is 6.46. The predicted molar refractivity (Wildman–Crippen MR) is 71.8 cm³/mol. The zero-order chi connectivity index (χ0) is 13.8. The first kappa shape index (κ1) is 14.1. The molecule has 2 rings (SSSR count). The lowest BCUT2D eigenvalue weighted by Gasteiger charge is -2.32. The lowest BCUT2D eigenvalue weighted by Crippen LogP contribution is -2.46. The van der Waals surface area contributed by atoms with Crippen LogP contribution >= 0.6 is 0 Å². The van der Waals surface area contributed by atoms with Gasteiger partial charge in [0, 0.05) is 30.1 Å². The summed E-state index contributed by atoms with van der Waals surface area (Å²) >= 11 is 0. The van der Waals surface area contributed by atoms with Gasteiger partial charge in [-0.2, -0.15) is 0 Å². The average Bonchev–Trinajstić information content (AvgIpc) is 2.44. The topological polar surface area (TPSA) is 71.0 Å². The number of hydrogen-bond donors (Lipinski definition) is 3. The van der Waals surface area contributed by atoms with Gasteiger partial charge in [-0.25, -0.2) is 0 Å². The van der Waals surface area contributed by atoms with E-state index in [1.807, 2.05) is 12.1 Å². The molecule has 19 heavy (non-hydrogen) atoms. The Kier molecular flexibility index (Phi) is 4.63.